The van der Waals surface area contributed by atoms with Gasteiger partial charge in [-0.25, -0.2) is 0 Å². The summed E-state index contributed by atoms with van der Waals surface area (Å²) in [5, 5.41) is 9.84. The Morgan fingerprint density at radius 2 is 1.94 bits per heavy atom. The molecule has 0 aromatic heterocycles. The summed E-state index contributed by atoms with van der Waals surface area (Å²) in [6, 6.07) is 13.5. The number of benzene rings is 2. The van der Waals surface area contributed by atoms with Crippen LogP contribution in [0.5, 0.6) is 0 Å². The Labute approximate surface area is 210 Å². The van der Waals surface area contributed by atoms with Gasteiger partial charge in [-0.1, -0.05) is 49.7 Å². The summed E-state index contributed by atoms with van der Waals surface area (Å²) in [6.07, 6.45) is 2.38. The first kappa shape index (κ1) is 24.9. The standard InChI is InChI=1S/C27H31ClN4O3/c1-17-7-8-18(13-21(17)28)15-29-16-27(2,3)19-5-4-6-20(14-19)30-22-11-12-32(26(22)35)23-9-10-24(33)31-25(23)34/h4-8,11,13-14,23,29-30H,9-10,12,15-16H2,1-3H3,(H,31,33,34). The second-order valence-electron chi connectivity index (χ2n) is 9.82. The second-order valence-corrected chi connectivity index (χ2v) is 10.2. The topological polar surface area (TPSA) is 90.5 Å². The van der Waals surface area contributed by atoms with Crippen molar-refractivity contribution in [1.29, 1.82) is 0 Å². The molecule has 0 spiro atoms. The minimum atomic E-state index is -0.615. The number of halogens is 1. The number of amides is 3. The molecule has 0 radical (unpaired) electrons. The van der Waals surface area contributed by atoms with Crippen molar-refractivity contribution in [2.45, 2.75) is 51.6 Å². The fourth-order valence-electron chi connectivity index (χ4n) is 4.41. The summed E-state index contributed by atoms with van der Waals surface area (Å²) in [6.45, 7) is 8.15. The first-order valence-electron chi connectivity index (χ1n) is 11.8. The molecule has 4 rings (SSSR count). The molecule has 0 bridgehead atoms. The Kier molecular flexibility index (Phi) is 7.28. The molecule has 2 heterocycles. The highest BCUT2D eigenvalue weighted by Gasteiger charge is 2.37. The van der Waals surface area contributed by atoms with Crippen molar-refractivity contribution in [2.24, 2.45) is 0 Å². The lowest BCUT2D eigenvalue weighted by molar-refractivity contribution is -0.142. The normalized spacial score (nSPS) is 18.5. The lowest BCUT2D eigenvalue weighted by Crippen LogP contribution is -2.53. The van der Waals surface area contributed by atoms with Gasteiger partial charge in [-0.2, -0.15) is 0 Å². The molecule has 1 fully saturated rings. The first-order valence-corrected chi connectivity index (χ1v) is 12.2. The maximum absolute atomic E-state index is 12.9. The number of nitrogens with one attached hydrogen (secondary N) is 3. The molecule has 2 aliphatic heterocycles. The van der Waals surface area contributed by atoms with E-state index in [2.05, 4.69) is 41.9 Å². The van der Waals surface area contributed by atoms with Crippen LogP contribution in [0.4, 0.5) is 5.69 Å². The molecule has 1 atom stereocenters. The van der Waals surface area contributed by atoms with Crippen molar-refractivity contribution in [2.75, 3.05) is 18.4 Å². The number of aryl methyl sites for hydroxylation is 1. The molecule has 1 saturated heterocycles. The molecule has 2 aromatic carbocycles. The summed E-state index contributed by atoms with van der Waals surface area (Å²) in [5.74, 6) is -0.934. The predicted molar refractivity (Wildman–Crippen MR) is 137 cm³/mol. The fraction of sp³-hybridized carbons (Fsp3) is 0.370. The molecule has 35 heavy (non-hydrogen) atoms. The summed E-state index contributed by atoms with van der Waals surface area (Å²) >= 11 is 6.24. The molecule has 184 valence electrons. The van der Waals surface area contributed by atoms with E-state index in [1.165, 1.54) is 4.90 Å². The molecule has 0 saturated carbocycles. The monoisotopic (exact) mass is 494 g/mol. The van der Waals surface area contributed by atoms with Gasteiger partial charge in [0.25, 0.3) is 5.91 Å². The Bertz CT molecular complexity index is 1190. The Morgan fingerprint density at radius 1 is 1.14 bits per heavy atom. The van der Waals surface area contributed by atoms with Gasteiger partial charge >= 0.3 is 0 Å². The van der Waals surface area contributed by atoms with Gasteiger partial charge in [-0.15, -0.1) is 0 Å². The molecule has 1 unspecified atom stereocenters. The molecular weight excluding hydrogens is 464 g/mol. The van der Waals surface area contributed by atoms with Gasteiger partial charge in [0.05, 0.1) is 0 Å². The molecular formula is C27H31ClN4O3. The van der Waals surface area contributed by atoms with Crippen molar-refractivity contribution in [3.63, 3.8) is 0 Å². The zero-order chi connectivity index (χ0) is 25.2. The number of hydrogen-bond donors (Lipinski definition) is 3. The van der Waals surface area contributed by atoms with E-state index in [-0.39, 0.29) is 23.7 Å². The number of anilines is 1. The smallest absolute Gasteiger partial charge is 0.270 e. The largest absolute Gasteiger partial charge is 0.351 e. The zero-order valence-corrected chi connectivity index (χ0v) is 21.0. The van der Waals surface area contributed by atoms with Gasteiger partial charge in [0.1, 0.15) is 11.7 Å². The van der Waals surface area contributed by atoms with Crippen molar-refractivity contribution >= 4 is 35.0 Å². The van der Waals surface area contributed by atoms with E-state index in [4.69, 9.17) is 11.6 Å². The summed E-state index contributed by atoms with van der Waals surface area (Å²) in [4.78, 5) is 38.1. The van der Waals surface area contributed by atoms with E-state index >= 15 is 0 Å². The maximum Gasteiger partial charge on any atom is 0.270 e. The highest BCUT2D eigenvalue weighted by molar-refractivity contribution is 6.31. The van der Waals surface area contributed by atoms with Crippen LogP contribution in [0.15, 0.2) is 54.2 Å². The SMILES string of the molecule is Cc1ccc(CNCC(C)(C)c2cccc(NC3=CCN(C4CCC(=O)NC4=O)C3=O)c2)cc1Cl. The number of imide groups is 1. The van der Waals surface area contributed by atoms with Crippen LogP contribution in [-0.4, -0.2) is 41.8 Å². The van der Waals surface area contributed by atoms with Crippen molar-refractivity contribution in [1.82, 2.24) is 15.5 Å². The van der Waals surface area contributed by atoms with Crippen LogP contribution < -0.4 is 16.0 Å². The maximum atomic E-state index is 12.9. The molecule has 7 nitrogen and oxygen atoms in total. The number of carbonyl (C=O) groups excluding carboxylic acids is 3. The minimum absolute atomic E-state index is 0.154. The minimum Gasteiger partial charge on any atom is -0.351 e. The van der Waals surface area contributed by atoms with E-state index in [1.807, 2.05) is 37.3 Å². The highest BCUT2D eigenvalue weighted by Crippen LogP contribution is 2.27. The molecule has 2 aromatic rings. The number of nitrogens with zero attached hydrogens (tertiary/aromatic N) is 1. The molecule has 3 N–H and O–H groups in total. The van der Waals surface area contributed by atoms with Gasteiger partial charge in [-0.05, 0) is 54.3 Å². The predicted octanol–water partition coefficient (Wildman–Crippen LogP) is 3.66. The third-order valence-corrected chi connectivity index (χ3v) is 7.03. The second kappa shape index (κ2) is 10.2. The molecule has 3 amide bonds. The van der Waals surface area contributed by atoms with Gasteiger partial charge in [-0.3, -0.25) is 19.7 Å². The third-order valence-electron chi connectivity index (χ3n) is 6.63. The van der Waals surface area contributed by atoms with Gasteiger partial charge in [0.15, 0.2) is 0 Å². The fourth-order valence-corrected chi connectivity index (χ4v) is 4.61. The first-order chi connectivity index (χ1) is 16.6. The lowest BCUT2D eigenvalue weighted by Gasteiger charge is -2.29. The number of rotatable bonds is 8. The third kappa shape index (κ3) is 5.74. The highest BCUT2D eigenvalue weighted by atomic mass is 35.5. The van der Waals surface area contributed by atoms with Crippen LogP contribution in [0.2, 0.25) is 5.02 Å². The Balaban J connectivity index is 1.36. The molecule has 8 heteroatoms. The molecule has 2 aliphatic rings. The van der Waals surface area contributed by atoms with E-state index in [9.17, 15) is 14.4 Å². The van der Waals surface area contributed by atoms with Crippen LogP contribution in [0.3, 0.4) is 0 Å². The average molecular weight is 495 g/mol. The van der Waals surface area contributed by atoms with Crippen LogP contribution >= 0.6 is 11.6 Å². The van der Waals surface area contributed by atoms with Crippen LogP contribution in [0.25, 0.3) is 0 Å². The van der Waals surface area contributed by atoms with Crippen molar-refractivity contribution < 1.29 is 14.4 Å². The van der Waals surface area contributed by atoms with Crippen LogP contribution in [0, 0.1) is 6.92 Å². The quantitative estimate of drug-likeness (QED) is 0.487. The van der Waals surface area contributed by atoms with Crippen LogP contribution in [-0.2, 0) is 26.3 Å². The van der Waals surface area contributed by atoms with Gasteiger partial charge in [0.2, 0.25) is 11.8 Å². The van der Waals surface area contributed by atoms with Gasteiger partial charge < -0.3 is 15.5 Å². The summed E-state index contributed by atoms with van der Waals surface area (Å²) < 4.78 is 0. The Morgan fingerprint density at radius 3 is 2.69 bits per heavy atom. The number of piperidine rings is 1. The van der Waals surface area contributed by atoms with Crippen molar-refractivity contribution in [3.05, 3.63) is 76.0 Å². The number of carbonyl (C=O) groups is 3. The summed E-state index contributed by atoms with van der Waals surface area (Å²) in [7, 11) is 0. The van der Waals surface area contributed by atoms with Crippen LogP contribution in [0.1, 0.15) is 43.4 Å². The number of hydrogen-bond acceptors (Lipinski definition) is 5. The summed E-state index contributed by atoms with van der Waals surface area (Å²) in [5.41, 5.74) is 4.43. The van der Waals surface area contributed by atoms with E-state index in [0.717, 1.165) is 40.5 Å². The van der Waals surface area contributed by atoms with E-state index in [0.29, 0.717) is 18.7 Å². The van der Waals surface area contributed by atoms with E-state index in [1.54, 1.807) is 6.08 Å². The Hall–Kier alpha value is -3.16. The molecule has 0 aliphatic carbocycles. The lowest BCUT2D eigenvalue weighted by atomic mass is 9.84. The average Bonchev–Trinajstić information content (AvgIpc) is 3.16. The van der Waals surface area contributed by atoms with Gasteiger partial charge in [0, 0.05) is 42.2 Å². The zero-order valence-electron chi connectivity index (χ0n) is 20.3. The van der Waals surface area contributed by atoms with Crippen molar-refractivity contribution in [3.8, 4) is 0 Å². The van der Waals surface area contributed by atoms with E-state index < -0.39 is 11.9 Å².